The fourth-order valence-electron chi connectivity index (χ4n) is 1.63. The Labute approximate surface area is 116 Å². The van der Waals surface area contributed by atoms with Gasteiger partial charge in [0.25, 0.3) is 0 Å². The van der Waals surface area contributed by atoms with Crippen molar-refractivity contribution in [2.45, 2.75) is 12.5 Å². The molecule has 0 aliphatic rings. The summed E-state index contributed by atoms with van der Waals surface area (Å²) in [6.07, 6.45) is 0.648. The molecule has 1 N–H and O–H groups in total. The molecule has 0 bridgehead atoms. The topological polar surface area (TPSA) is 93.8 Å². The van der Waals surface area contributed by atoms with Gasteiger partial charge in [0, 0.05) is 17.0 Å². The third-order valence-corrected chi connectivity index (χ3v) is 2.83. The first-order chi connectivity index (χ1) is 9.24. The highest BCUT2D eigenvalue weighted by Gasteiger charge is 2.18. The van der Waals surface area contributed by atoms with Crippen LogP contribution in [0.4, 0.5) is 0 Å². The number of halogens is 1. The van der Waals surface area contributed by atoms with Crippen LogP contribution in [0.15, 0.2) is 23.3 Å². The molecule has 0 saturated heterocycles. The second kappa shape index (κ2) is 8.22. The van der Waals surface area contributed by atoms with E-state index in [4.69, 9.17) is 21.9 Å². The summed E-state index contributed by atoms with van der Waals surface area (Å²) >= 11 is 6.11. The number of nitrogens with zero attached hydrogens (tertiary/aromatic N) is 4. The standard InChI is InChI=1S/C12H14ClN5O/c1-19-11-5-2-4-9(13)12(11)10(8-14)16-6-3-7-17-18-15/h2,4-5,10,16H,3,6-7H2,1H3. The maximum atomic E-state index is 9.22. The Morgan fingerprint density at radius 2 is 2.42 bits per heavy atom. The van der Waals surface area contributed by atoms with E-state index in [0.29, 0.717) is 35.8 Å². The van der Waals surface area contributed by atoms with Gasteiger partial charge >= 0.3 is 0 Å². The Kier molecular flexibility index (Phi) is 6.55. The first kappa shape index (κ1) is 15.1. The summed E-state index contributed by atoms with van der Waals surface area (Å²) < 4.78 is 5.21. The summed E-state index contributed by atoms with van der Waals surface area (Å²) in [5, 5.41) is 16.2. The van der Waals surface area contributed by atoms with Gasteiger partial charge in [-0.25, -0.2) is 0 Å². The van der Waals surface area contributed by atoms with Crippen LogP contribution in [0.5, 0.6) is 5.75 Å². The summed E-state index contributed by atoms with van der Waals surface area (Å²) in [6.45, 7) is 0.937. The van der Waals surface area contributed by atoms with Gasteiger partial charge in [0.15, 0.2) is 0 Å². The zero-order valence-corrected chi connectivity index (χ0v) is 11.3. The van der Waals surface area contributed by atoms with Crippen molar-refractivity contribution in [3.63, 3.8) is 0 Å². The van der Waals surface area contributed by atoms with Crippen LogP contribution in [-0.2, 0) is 0 Å². The van der Waals surface area contributed by atoms with E-state index < -0.39 is 6.04 Å². The first-order valence-corrected chi connectivity index (χ1v) is 6.08. The molecule has 1 aromatic rings. The van der Waals surface area contributed by atoms with E-state index in [1.807, 2.05) is 0 Å². The normalized spacial score (nSPS) is 11.2. The van der Waals surface area contributed by atoms with Crippen LogP contribution in [0.25, 0.3) is 10.4 Å². The van der Waals surface area contributed by atoms with Gasteiger partial charge < -0.3 is 4.74 Å². The SMILES string of the molecule is COc1cccc(Cl)c1C(C#N)NCCCN=[N+]=[N-]. The molecular formula is C12H14ClN5O. The van der Waals surface area contributed by atoms with Crippen molar-refractivity contribution in [1.82, 2.24) is 5.32 Å². The Hall–Kier alpha value is -1.93. The molecule has 0 amide bonds. The number of benzene rings is 1. The lowest BCUT2D eigenvalue weighted by molar-refractivity contribution is 0.405. The minimum absolute atomic E-state index is 0.390. The Morgan fingerprint density at radius 3 is 3.05 bits per heavy atom. The molecule has 0 heterocycles. The molecule has 0 aliphatic carbocycles. The van der Waals surface area contributed by atoms with Gasteiger partial charge in [-0.3, -0.25) is 5.32 Å². The van der Waals surface area contributed by atoms with E-state index in [-0.39, 0.29) is 0 Å². The molecule has 0 aliphatic heterocycles. The van der Waals surface area contributed by atoms with Crippen molar-refractivity contribution < 1.29 is 4.74 Å². The third-order valence-electron chi connectivity index (χ3n) is 2.50. The van der Waals surface area contributed by atoms with Crippen molar-refractivity contribution >= 4 is 11.6 Å². The lowest BCUT2D eigenvalue weighted by Gasteiger charge is -2.16. The fraction of sp³-hybridized carbons (Fsp3) is 0.417. The molecule has 1 atom stereocenters. The minimum atomic E-state index is -0.560. The van der Waals surface area contributed by atoms with Crippen LogP contribution >= 0.6 is 11.6 Å². The molecule has 1 unspecified atom stereocenters. The monoisotopic (exact) mass is 279 g/mol. The van der Waals surface area contributed by atoms with Crippen LogP contribution in [-0.4, -0.2) is 20.2 Å². The number of ether oxygens (including phenoxy) is 1. The summed E-state index contributed by atoms with van der Waals surface area (Å²) in [5.74, 6) is 0.571. The van der Waals surface area contributed by atoms with Crippen LogP contribution in [0.2, 0.25) is 5.02 Å². The summed E-state index contributed by atoms with van der Waals surface area (Å²) in [7, 11) is 1.53. The van der Waals surface area contributed by atoms with Crippen LogP contribution < -0.4 is 10.1 Å². The van der Waals surface area contributed by atoms with Gasteiger partial charge in [0.2, 0.25) is 0 Å². The molecule has 0 radical (unpaired) electrons. The summed E-state index contributed by atoms with van der Waals surface area (Å²) in [4.78, 5) is 2.66. The average molecular weight is 280 g/mol. The van der Waals surface area contributed by atoms with E-state index in [0.717, 1.165) is 0 Å². The lowest BCUT2D eigenvalue weighted by atomic mass is 10.1. The smallest absolute Gasteiger partial charge is 0.126 e. The molecule has 0 spiro atoms. The molecule has 1 rings (SSSR count). The van der Waals surface area contributed by atoms with E-state index in [2.05, 4.69) is 21.4 Å². The van der Waals surface area contributed by atoms with Gasteiger partial charge in [0.05, 0.1) is 18.2 Å². The van der Waals surface area contributed by atoms with Crippen molar-refractivity contribution in [1.29, 1.82) is 5.26 Å². The number of nitrogens with one attached hydrogen (secondary N) is 1. The minimum Gasteiger partial charge on any atom is -0.496 e. The average Bonchev–Trinajstić information content (AvgIpc) is 2.43. The Morgan fingerprint density at radius 1 is 1.63 bits per heavy atom. The second-order valence-corrected chi connectivity index (χ2v) is 4.09. The highest BCUT2D eigenvalue weighted by molar-refractivity contribution is 6.31. The predicted molar refractivity (Wildman–Crippen MR) is 73.0 cm³/mol. The molecule has 7 heteroatoms. The van der Waals surface area contributed by atoms with Crippen molar-refractivity contribution in [2.75, 3.05) is 20.2 Å². The van der Waals surface area contributed by atoms with Gasteiger partial charge in [-0.2, -0.15) is 5.26 Å². The number of azide groups is 1. The van der Waals surface area contributed by atoms with E-state index in [9.17, 15) is 5.26 Å². The molecule has 19 heavy (non-hydrogen) atoms. The highest BCUT2D eigenvalue weighted by Crippen LogP contribution is 2.31. The van der Waals surface area contributed by atoms with Gasteiger partial charge in [-0.1, -0.05) is 22.8 Å². The second-order valence-electron chi connectivity index (χ2n) is 3.68. The molecular weight excluding hydrogens is 266 g/mol. The molecule has 0 fully saturated rings. The predicted octanol–water partition coefficient (Wildman–Crippen LogP) is 3.20. The molecule has 6 nitrogen and oxygen atoms in total. The zero-order valence-electron chi connectivity index (χ0n) is 10.5. The third kappa shape index (κ3) is 4.34. The fourth-order valence-corrected chi connectivity index (χ4v) is 1.90. The molecule has 100 valence electrons. The number of hydrogen-bond acceptors (Lipinski definition) is 4. The Bertz CT molecular complexity index is 507. The lowest BCUT2D eigenvalue weighted by Crippen LogP contribution is -2.22. The first-order valence-electron chi connectivity index (χ1n) is 5.70. The molecule has 0 saturated carbocycles. The van der Waals surface area contributed by atoms with E-state index in [1.165, 1.54) is 7.11 Å². The Balaban J connectivity index is 2.75. The van der Waals surface area contributed by atoms with Crippen LogP contribution in [0.3, 0.4) is 0 Å². The van der Waals surface area contributed by atoms with Gasteiger partial charge in [-0.15, -0.1) is 0 Å². The summed E-state index contributed by atoms with van der Waals surface area (Å²) in [5.41, 5.74) is 8.78. The number of rotatable bonds is 7. The van der Waals surface area contributed by atoms with E-state index >= 15 is 0 Å². The van der Waals surface area contributed by atoms with Crippen LogP contribution in [0.1, 0.15) is 18.0 Å². The van der Waals surface area contributed by atoms with Crippen molar-refractivity contribution in [3.05, 3.63) is 39.2 Å². The van der Waals surface area contributed by atoms with E-state index in [1.54, 1.807) is 18.2 Å². The zero-order chi connectivity index (χ0) is 14.1. The van der Waals surface area contributed by atoms with Crippen molar-refractivity contribution in [2.24, 2.45) is 5.11 Å². The summed E-state index contributed by atoms with van der Waals surface area (Å²) in [6, 6.07) is 6.82. The number of hydrogen-bond donors (Lipinski definition) is 1. The maximum absolute atomic E-state index is 9.22. The number of methoxy groups -OCH3 is 1. The number of nitriles is 1. The van der Waals surface area contributed by atoms with Gasteiger partial charge in [-0.05, 0) is 30.6 Å². The molecule has 1 aromatic carbocycles. The largest absolute Gasteiger partial charge is 0.496 e. The maximum Gasteiger partial charge on any atom is 0.126 e. The van der Waals surface area contributed by atoms with Gasteiger partial charge in [0.1, 0.15) is 11.8 Å². The molecule has 0 aromatic heterocycles. The van der Waals surface area contributed by atoms with Crippen molar-refractivity contribution in [3.8, 4) is 11.8 Å². The van der Waals surface area contributed by atoms with Crippen LogP contribution in [0, 0.1) is 11.3 Å². The quantitative estimate of drug-likeness (QED) is 0.359. The highest BCUT2D eigenvalue weighted by atomic mass is 35.5.